The third-order valence-electron chi connectivity index (χ3n) is 3.19. The minimum absolute atomic E-state index is 0.390. The van der Waals surface area contributed by atoms with Crippen LogP contribution in [0.5, 0.6) is 0 Å². The number of para-hydroxylation sites is 1. The van der Waals surface area contributed by atoms with E-state index in [0.29, 0.717) is 18.1 Å². The maximum atomic E-state index is 5.52. The summed E-state index contributed by atoms with van der Waals surface area (Å²) < 4.78 is 5.52. The van der Waals surface area contributed by atoms with Gasteiger partial charge in [-0.25, -0.2) is 4.98 Å². The molecule has 2 aromatic rings. The molecule has 1 fully saturated rings. The van der Waals surface area contributed by atoms with Crippen molar-refractivity contribution in [1.82, 2.24) is 15.2 Å². The van der Waals surface area contributed by atoms with E-state index in [9.17, 15) is 0 Å². The minimum atomic E-state index is 0.390. The quantitative estimate of drug-likeness (QED) is 0.891. The summed E-state index contributed by atoms with van der Waals surface area (Å²) in [7, 11) is 0. The number of ether oxygens (including phenoxy) is 1. The first-order valence-electron chi connectivity index (χ1n) is 6.32. The first kappa shape index (κ1) is 11.3. The third kappa shape index (κ3) is 2.26. The Bertz CT molecular complexity index is 539. The summed E-state index contributed by atoms with van der Waals surface area (Å²) in [5, 5.41) is 11.5. The van der Waals surface area contributed by atoms with Gasteiger partial charge < -0.3 is 10.1 Å². The van der Waals surface area contributed by atoms with Crippen LogP contribution in [0.1, 0.15) is 19.8 Å². The van der Waals surface area contributed by atoms with Crippen LogP contribution in [-0.2, 0) is 4.74 Å². The Morgan fingerprint density at radius 2 is 2.00 bits per heavy atom. The molecule has 1 aliphatic rings. The lowest BCUT2D eigenvalue weighted by Gasteiger charge is -2.35. The fourth-order valence-corrected chi connectivity index (χ4v) is 2.18. The van der Waals surface area contributed by atoms with Gasteiger partial charge in [-0.2, -0.15) is 0 Å². The Hall–Kier alpha value is -1.75. The number of nitrogens with one attached hydrogen (secondary N) is 1. The molecule has 0 radical (unpaired) electrons. The molecule has 1 aromatic carbocycles. The molecule has 3 rings (SSSR count). The van der Waals surface area contributed by atoms with Crippen molar-refractivity contribution in [2.45, 2.75) is 31.9 Å². The molecule has 5 nitrogen and oxygen atoms in total. The predicted molar refractivity (Wildman–Crippen MR) is 69.4 cm³/mol. The Morgan fingerprint density at radius 3 is 2.78 bits per heavy atom. The van der Waals surface area contributed by atoms with Gasteiger partial charge in [0.15, 0.2) is 0 Å². The van der Waals surface area contributed by atoms with E-state index in [1.54, 1.807) is 0 Å². The van der Waals surface area contributed by atoms with Crippen LogP contribution in [0.3, 0.4) is 0 Å². The van der Waals surface area contributed by atoms with E-state index in [-0.39, 0.29) is 0 Å². The highest BCUT2D eigenvalue weighted by molar-refractivity contribution is 5.74. The predicted octanol–water partition coefficient (Wildman–Crippen LogP) is 2.00. The van der Waals surface area contributed by atoms with E-state index < -0.39 is 0 Å². The molecule has 0 aliphatic heterocycles. The summed E-state index contributed by atoms with van der Waals surface area (Å²) in [5.41, 5.74) is 1.69. The van der Waals surface area contributed by atoms with Crippen LogP contribution in [0.25, 0.3) is 11.0 Å². The number of nitrogens with zero attached hydrogens (tertiary/aromatic N) is 3. The summed E-state index contributed by atoms with van der Waals surface area (Å²) in [6, 6.07) is 8.15. The van der Waals surface area contributed by atoms with Gasteiger partial charge in [-0.05, 0) is 31.9 Å². The second-order valence-electron chi connectivity index (χ2n) is 4.51. The number of hydrogen-bond acceptors (Lipinski definition) is 5. The minimum Gasteiger partial charge on any atom is -0.378 e. The van der Waals surface area contributed by atoms with Crippen molar-refractivity contribution >= 4 is 17.0 Å². The molecular formula is C13H16N4O. The second kappa shape index (κ2) is 4.86. The molecule has 0 amide bonds. The summed E-state index contributed by atoms with van der Waals surface area (Å²) in [4.78, 5) is 4.44. The average molecular weight is 244 g/mol. The molecule has 0 spiro atoms. The number of rotatable bonds is 4. The first-order valence-corrected chi connectivity index (χ1v) is 6.32. The number of fused-ring (bicyclic) bond motifs is 1. The van der Waals surface area contributed by atoms with E-state index in [2.05, 4.69) is 20.5 Å². The van der Waals surface area contributed by atoms with Crippen LogP contribution >= 0.6 is 0 Å². The molecule has 5 heteroatoms. The molecule has 0 atom stereocenters. The highest BCUT2D eigenvalue weighted by Crippen LogP contribution is 2.25. The van der Waals surface area contributed by atoms with Crippen LogP contribution < -0.4 is 5.32 Å². The first-order chi connectivity index (χ1) is 8.85. The fraction of sp³-hybridized carbons (Fsp3) is 0.462. The summed E-state index contributed by atoms with van der Waals surface area (Å²) in [6.45, 7) is 2.81. The monoisotopic (exact) mass is 244 g/mol. The van der Waals surface area contributed by atoms with Gasteiger partial charge in [-0.3, -0.25) is 0 Å². The lowest BCUT2D eigenvalue weighted by atomic mass is 9.89. The highest BCUT2D eigenvalue weighted by Gasteiger charge is 2.29. The zero-order chi connectivity index (χ0) is 12.4. The molecule has 0 bridgehead atoms. The third-order valence-corrected chi connectivity index (χ3v) is 3.19. The van der Waals surface area contributed by atoms with E-state index in [1.807, 2.05) is 31.2 Å². The molecule has 0 unspecified atom stereocenters. The van der Waals surface area contributed by atoms with Crippen molar-refractivity contribution in [3.8, 4) is 0 Å². The topological polar surface area (TPSA) is 59.9 Å². The van der Waals surface area contributed by atoms with Gasteiger partial charge in [0.1, 0.15) is 5.52 Å². The molecule has 94 valence electrons. The summed E-state index contributed by atoms with van der Waals surface area (Å²) >= 11 is 0. The second-order valence-corrected chi connectivity index (χ2v) is 4.51. The molecular weight excluding hydrogens is 228 g/mol. The Balaban J connectivity index is 1.65. The molecule has 0 saturated heterocycles. The van der Waals surface area contributed by atoms with Crippen molar-refractivity contribution in [2.75, 3.05) is 11.9 Å². The number of hydrogen-bond donors (Lipinski definition) is 1. The number of benzene rings is 1. The zero-order valence-electron chi connectivity index (χ0n) is 10.3. The SMILES string of the molecule is CCOC1CC(Nc2nnc3ccccc3n2)C1. The average Bonchev–Trinajstić information content (AvgIpc) is 2.36. The Kier molecular flexibility index (Phi) is 3.06. The van der Waals surface area contributed by atoms with Gasteiger partial charge in [0.25, 0.3) is 0 Å². The molecule has 1 saturated carbocycles. The van der Waals surface area contributed by atoms with Crippen molar-refractivity contribution in [1.29, 1.82) is 0 Å². The van der Waals surface area contributed by atoms with Crippen molar-refractivity contribution in [3.05, 3.63) is 24.3 Å². The van der Waals surface area contributed by atoms with Crippen LogP contribution in [0.15, 0.2) is 24.3 Å². The lowest BCUT2D eigenvalue weighted by Crippen LogP contribution is -2.41. The van der Waals surface area contributed by atoms with Crippen molar-refractivity contribution in [3.63, 3.8) is 0 Å². The fourth-order valence-electron chi connectivity index (χ4n) is 2.18. The zero-order valence-corrected chi connectivity index (χ0v) is 10.3. The van der Waals surface area contributed by atoms with Gasteiger partial charge in [0.05, 0.1) is 11.6 Å². The highest BCUT2D eigenvalue weighted by atomic mass is 16.5. The van der Waals surface area contributed by atoms with Gasteiger partial charge >= 0.3 is 0 Å². The molecule has 1 N–H and O–H groups in total. The standard InChI is InChI=1S/C13H16N4O/c1-2-18-10-7-9(8-10)14-13-15-11-5-3-4-6-12(11)16-17-13/h3-6,9-10H,2,7-8H2,1H3,(H,14,15,17). The van der Waals surface area contributed by atoms with Gasteiger partial charge in [-0.15, -0.1) is 10.2 Å². The Labute approximate surface area is 106 Å². The van der Waals surface area contributed by atoms with Crippen molar-refractivity contribution < 1.29 is 4.74 Å². The Morgan fingerprint density at radius 1 is 1.22 bits per heavy atom. The molecule has 1 aromatic heterocycles. The van der Waals surface area contributed by atoms with E-state index in [0.717, 1.165) is 30.5 Å². The smallest absolute Gasteiger partial charge is 0.243 e. The molecule has 18 heavy (non-hydrogen) atoms. The lowest BCUT2D eigenvalue weighted by molar-refractivity contribution is 0.00284. The van der Waals surface area contributed by atoms with Gasteiger partial charge in [0, 0.05) is 12.6 Å². The van der Waals surface area contributed by atoms with E-state index in [1.165, 1.54) is 0 Å². The maximum absolute atomic E-state index is 5.52. The normalized spacial score (nSPS) is 22.7. The van der Waals surface area contributed by atoms with Gasteiger partial charge in [0.2, 0.25) is 5.95 Å². The van der Waals surface area contributed by atoms with E-state index >= 15 is 0 Å². The van der Waals surface area contributed by atoms with Gasteiger partial charge in [-0.1, -0.05) is 12.1 Å². The maximum Gasteiger partial charge on any atom is 0.243 e. The molecule has 1 heterocycles. The van der Waals surface area contributed by atoms with Crippen molar-refractivity contribution in [2.24, 2.45) is 0 Å². The van der Waals surface area contributed by atoms with Crippen LogP contribution in [0.4, 0.5) is 5.95 Å². The van der Waals surface area contributed by atoms with Crippen LogP contribution in [-0.4, -0.2) is 33.9 Å². The number of anilines is 1. The van der Waals surface area contributed by atoms with Crippen LogP contribution in [0, 0.1) is 0 Å². The molecule has 1 aliphatic carbocycles. The number of aromatic nitrogens is 3. The summed E-state index contributed by atoms with van der Waals surface area (Å²) in [5.74, 6) is 0.605. The summed E-state index contributed by atoms with van der Waals surface area (Å²) in [6.07, 6.45) is 2.43. The largest absolute Gasteiger partial charge is 0.378 e. The van der Waals surface area contributed by atoms with E-state index in [4.69, 9.17) is 4.74 Å². The van der Waals surface area contributed by atoms with Crippen LogP contribution in [0.2, 0.25) is 0 Å².